The summed E-state index contributed by atoms with van der Waals surface area (Å²) < 4.78 is 57.3. The second-order valence-corrected chi connectivity index (χ2v) is 10.9. The van der Waals surface area contributed by atoms with Crippen molar-refractivity contribution in [3.8, 4) is 0 Å². The van der Waals surface area contributed by atoms with E-state index < -0.39 is 32.0 Å². The monoisotopic (exact) mass is 526 g/mol. The van der Waals surface area contributed by atoms with Crippen LogP contribution in [0.4, 0.5) is 11.4 Å². The number of hydrogen-bond acceptors (Lipinski definition) is 6. The molecule has 0 saturated heterocycles. The number of nitrogens with one attached hydrogen (secondary N) is 2. The van der Waals surface area contributed by atoms with Gasteiger partial charge in [-0.2, -0.15) is 0 Å². The van der Waals surface area contributed by atoms with Gasteiger partial charge < -0.3 is 10.2 Å². The average Bonchev–Trinajstić information content (AvgIpc) is 2.83. The normalized spacial score (nSPS) is 11.7. The number of aromatic carboxylic acids is 2. The lowest BCUT2D eigenvalue weighted by Crippen LogP contribution is -2.15. The number of rotatable bonds is 8. The highest BCUT2D eigenvalue weighted by molar-refractivity contribution is 7.93. The third-order valence-corrected chi connectivity index (χ3v) is 8.07. The molecule has 0 atom stereocenters. The van der Waals surface area contributed by atoms with E-state index in [1.165, 1.54) is 84.9 Å². The van der Waals surface area contributed by atoms with E-state index in [1.54, 1.807) is 0 Å². The maximum atomic E-state index is 13.1. The molecule has 0 amide bonds. The van der Waals surface area contributed by atoms with Gasteiger partial charge in [-0.25, -0.2) is 26.4 Å². The SMILES string of the molecule is O=C(O)c1ccc(NS(=O)(=O)c2cccc3c(S(=O)(=O)Nc4ccc(C(=O)O)cc4)cccc23)cc1. The van der Waals surface area contributed by atoms with Crippen molar-refractivity contribution in [3.05, 3.63) is 96.1 Å². The smallest absolute Gasteiger partial charge is 0.335 e. The molecule has 12 heteroatoms. The van der Waals surface area contributed by atoms with E-state index in [9.17, 15) is 26.4 Å². The van der Waals surface area contributed by atoms with Gasteiger partial charge in [0.1, 0.15) is 0 Å². The van der Waals surface area contributed by atoms with Crippen LogP contribution in [0, 0.1) is 0 Å². The quantitative estimate of drug-likeness (QED) is 0.269. The second-order valence-electron chi connectivity index (χ2n) is 7.58. The van der Waals surface area contributed by atoms with E-state index in [0.717, 1.165) is 0 Å². The van der Waals surface area contributed by atoms with Gasteiger partial charge in [0.15, 0.2) is 0 Å². The second kappa shape index (κ2) is 9.32. The number of carbonyl (C=O) groups is 2. The van der Waals surface area contributed by atoms with Gasteiger partial charge in [0, 0.05) is 22.1 Å². The van der Waals surface area contributed by atoms with Gasteiger partial charge in [0.2, 0.25) is 0 Å². The zero-order chi connectivity index (χ0) is 26.1. The third kappa shape index (κ3) is 4.99. The minimum absolute atomic E-state index is 0.0111. The molecule has 0 aromatic heterocycles. The molecule has 4 rings (SSSR count). The van der Waals surface area contributed by atoms with Gasteiger partial charge in [-0.05, 0) is 60.7 Å². The first kappa shape index (κ1) is 24.7. The molecule has 184 valence electrons. The van der Waals surface area contributed by atoms with E-state index in [4.69, 9.17) is 10.2 Å². The molecule has 0 bridgehead atoms. The van der Waals surface area contributed by atoms with Crippen LogP contribution in [0.1, 0.15) is 20.7 Å². The summed E-state index contributed by atoms with van der Waals surface area (Å²) in [6, 6.07) is 18.6. The molecular weight excluding hydrogens is 508 g/mol. The van der Waals surface area contributed by atoms with Crippen LogP contribution in [0.5, 0.6) is 0 Å². The van der Waals surface area contributed by atoms with Crippen molar-refractivity contribution in [2.45, 2.75) is 9.79 Å². The first-order valence-corrected chi connectivity index (χ1v) is 13.2. The lowest BCUT2D eigenvalue weighted by molar-refractivity contribution is 0.0686. The number of carboxylic acids is 2. The molecule has 4 N–H and O–H groups in total. The summed E-state index contributed by atoms with van der Waals surface area (Å²) in [5.74, 6) is -2.31. The summed E-state index contributed by atoms with van der Waals surface area (Å²) in [6.07, 6.45) is 0. The Kier molecular flexibility index (Phi) is 6.39. The van der Waals surface area contributed by atoms with Crippen molar-refractivity contribution in [2.24, 2.45) is 0 Å². The highest BCUT2D eigenvalue weighted by atomic mass is 32.2. The van der Waals surface area contributed by atoms with E-state index in [0.29, 0.717) is 0 Å². The molecular formula is C24H18N2O8S2. The Bertz CT molecular complexity index is 1570. The van der Waals surface area contributed by atoms with E-state index >= 15 is 0 Å². The van der Waals surface area contributed by atoms with Crippen LogP contribution in [0.3, 0.4) is 0 Å². The van der Waals surface area contributed by atoms with Crippen LogP contribution >= 0.6 is 0 Å². The Morgan fingerprint density at radius 1 is 0.528 bits per heavy atom. The maximum absolute atomic E-state index is 13.1. The summed E-state index contributed by atoms with van der Waals surface area (Å²) >= 11 is 0. The van der Waals surface area contributed by atoms with E-state index in [-0.39, 0.29) is 43.1 Å². The fraction of sp³-hybridized carbons (Fsp3) is 0. The molecule has 0 aliphatic carbocycles. The van der Waals surface area contributed by atoms with Crippen molar-refractivity contribution < 1.29 is 36.6 Å². The topological polar surface area (TPSA) is 167 Å². The minimum atomic E-state index is -4.18. The largest absolute Gasteiger partial charge is 0.478 e. The van der Waals surface area contributed by atoms with E-state index in [1.807, 2.05) is 0 Å². The lowest BCUT2D eigenvalue weighted by Gasteiger charge is -2.14. The first-order valence-electron chi connectivity index (χ1n) is 10.2. The molecule has 36 heavy (non-hydrogen) atoms. The molecule has 10 nitrogen and oxygen atoms in total. The zero-order valence-electron chi connectivity index (χ0n) is 18.2. The molecule has 4 aromatic rings. The fourth-order valence-corrected chi connectivity index (χ4v) is 6.07. The number of fused-ring (bicyclic) bond motifs is 1. The van der Waals surface area contributed by atoms with Crippen molar-refractivity contribution >= 4 is 54.1 Å². The van der Waals surface area contributed by atoms with Crippen LogP contribution in [0.25, 0.3) is 10.8 Å². The molecule has 0 fully saturated rings. The Morgan fingerprint density at radius 3 is 1.17 bits per heavy atom. The zero-order valence-corrected chi connectivity index (χ0v) is 19.9. The van der Waals surface area contributed by atoms with Gasteiger partial charge in [0.05, 0.1) is 20.9 Å². The van der Waals surface area contributed by atoms with Crippen LogP contribution in [0.2, 0.25) is 0 Å². The Balaban J connectivity index is 1.71. The van der Waals surface area contributed by atoms with Gasteiger partial charge in [0.25, 0.3) is 20.0 Å². The third-order valence-electron chi connectivity index (χ3n) is 5.19. The highest BCUT2D eigenvalue weighted by Crippen LogP contribution is 2.30. The number of benzene rings is 4. The molecule has 0 aliphatic rings. The molecule has 0 saturated carbocycles. The van der Waals surface area contributed by atoms with Crippen molar-refractivity contribution in [2.75, 3.05) is 9.44 Å². The summed E-state index contributed by atoms with van der Waals surface area (Å²) in [4.78, 5) is 21.7. The molecule has 0 heterocycles. The fourth-order valence-electron chi connectivity index (χ4n) is 3.50. The Hall–Kier alpha value is -4.42. The summed E-state index contributed by atoms with van der Waals surface area (Å²) in [5.41, 5.74) is 0.241. The molecule has 0 radical (unpaired) electrons. The van der Waals surface area contributed by atoms with Crippen LogP contribution in [-0.4, -0.2) is 39.0 Å². The summed E-state index contributed by atoms with van der Waals surface area (Å²) in [7, 11) is -8.35. The summed E-state index contributed by atoms with van der Waals surface area (Å²) in [6.45, 7) is 0. The highest BCUT2D eigenvalue weighted by Gasteiger charge is 2.23. The number of anilines is 2. The Labute approximate surface area is 205 Å². The number of carboxylic acid groups (broad SMARTS) is 2. The van der Waals surface area contributed by atoms with Crippen LogP contribution < -0.4 is 9.44 Å². The van der Waals surface area contributed by atoms with Crippen LogP contribution in [-0.2, 0) is 20.0 Å². The maximum Gasteiger partial charge on any atom is 0.335 e. The van der Waals surface area contributed by atoms with E-state index in [2.05, 4.69) is 9.44 Å². The first-order chi connectivity index (χ1) is 17.0. The van der Waals surface area contributed by atoms with Gasteiger partial charge >= 0.3 is 11.9 Å². The van der Waals surface area contributed by atoms with Gasteiger partial charge in [-0.15, -0.1) is 0 Å². The molecule has 0 unspecified atom stereocenters. The molecule has 0 spiro atoms. The van der Waals surface area contributed by atoms with Crippen molar-refractivity contribution in [3.63, 3.8) is 0 Å². The van der Waals surface area contributed by atoms with Crippen molar-refractivity contribution in [1.82, 2.24) is 0 Å². The minimum Gasteiger partial charge on any atom is -0.478 e. The molecule has 4 aromatic carbocycles. The summed E-state index contributed by atoms with van der Waals surface area (Å²) in [5, 5.41) is 18.3. The van der Waals surface area contributed by atoms with Crippen LogP contribution in [0.15, 0.2) is 94.7 Å². The lowest BCUT2D eigenvalue weighted by atomic mass is 10.1. The van der Waals surface area contributed by atoms with Gasteiger partial charge in [-0.1, -0.05) is 24.3 Å². The van der Waals surface area contributed by atoms with Gasteiger partial charge in [-0.3, -0.25) is 9.44 Å². The Morgan fingerprint density at radius 2 is 0.861 bits per heavy atom. The number of hydrogen-bond donors (Lipinski definition) is 4. The molecule has 0 aliphatic heterocycles. The average molecular weight is 527 g/mol. The standard InChI is InChI=1S/C24H18N2O8S2/c27-23(28)15-7-11-17(12-8-15)25-35(31,32)21-5-1-3-19-20(21)4-2-6-22(19)36(33,34)26-18-13-9-16(10-14-18)24(29)30/h1-14,25-26H,(H,27,28)(H,29,30). The predicted molar refractivity (Wildman–Crippen MR) is 132 cm³/mol. The predicted octanol–water partition coefficient (Wildman–Crippen LogP) is 3.84. The van der Waals surface area contributed by atoms with Crippen molar-refractivity contribution in [1.29, 1.82) is 0 Å². The number of sulfonamides is 2.